The number of nitrogen functional groups attached to an aromatic ring is 1. The summed E-state index contributed by atoms with van der Waals surface area (Å²) in [5, 5.41) is 9.16. The molecule has 0 aliphatic carbocycles. The van der Waals surface area contributed by atoms with Crippen molar-refractivity contribution in [1.82, 2.24) is 15.4 Å². The molecule has 156 valence electrons. The molecule has 1 aromatic heterocycles. The maximum absolute atomic E-state index is 12.8. The van der Waals surface area contributed by atoms with Gasteiger partial charge < -0.3 is 20.0 Å². The summed E-state index contributed by atoms with van der Waals surface area (Å²) in [6.45, 7) is 0.936. The number of carbonyl (C=O) groups excluding carboxylic acids is 1. The molecule has 2 heterocycles. The first-order valence-corrected chi connectivity index (χ1v) is 9.58. The summed E-state index contributed by atoms with van der Waals surface area (Å²) in [7, 11) is 0. The molecule has 31 heavy (non-hydrogen) atoms. The van der Waals surface area contributed by atoms with Gasteiger partial charge in [-0.1, -0.05) is 30.3 Å². The molecule has 0 radical (unpaired) electrons. The largest absolute Gasteiger partial charge is 0.471 e. The van der Waals surface area contributed by atoms with E-state index in [1.807, 2.05) is 6.07 Å². The van der Waals surface area contributed by atoms with E-state index in [-0.39, 0.29) is 29.2 Å². The van der Waals surface area contributed by atoms with Crippen molar-refractivity contribution in [2.75, 3.05) is 18.9 Å². The predicted octanol–water partition coefficient (Wildman–Crippen LogP) is 2.49. The van der Waals surface area contributed by atoms with Crippen LogP contribution in [0.1, 0.15) is 22.3 Å². The van der Waals surface area contributed by atoms with Crippen LogP contribution in [-0.2, 0) is 4.74 Å². The smallest absolute Gasteiger partial charge is 0.293 e. The zero-order valence-corrected chi connectivity index (χ0v) is 16.4. The lowest BCUT2D eigenvalue weighted by molar-refractivity contribution is 0.0749. The van der Waals surface area contributed by atoms with Crippen LogP contribution < -0.4 is 20.8 Å². The molecule has 9 heteroatoms. The summed E-state index contributed by atoms with van der Waals surface area (Å²) in [4.78, 5) is 26.8. The molecule has 4 rings (SSSR count). The first-order valence-electron chi connectivity index (χ1n) is 9.58. The molecule has 2 aromatic carbocycles. The Labute approximate surface area is 178 Å². The first-order chi connectivity index (χ1) is 15.1. The number of ether oxygens (including phenoxy) is 2. The van der Waals surface area contributed by atoms with Gasteiger partial charge in [0.2, 0.25) is 5.88 Å². The molecule has 1 saturated heterocycles. The summed E-state index contributed by atoms with van der Waals surface area (Å²) < 4.78 is 11.3. The minimum Gasteiger partial charge on any atom is -0.471 e. The number of aromatic nitrogens is 2. The van der Waals surface area contributed by atoms with Gasteiger partial charge in [0.15, 0.2) is 11.6 Å². The van der Waals surface area contributed by atoms with Crippen LogP contribution in [-0.4, -0.2) is 35.2 Å². The molecule has 0 spiro atoms. The van der Waals surface area contributed by atoms with Gasteiger partial charge in [-0.05, 0) is 24.3 Å². The van der Waals surface area contributed by atoms with Gasteiger partial charge in [-0.15, -0.1) is 0 Å². The Balaban J connectivity index is 1.67. The molecular formula is C22H19N5O4. The maximum Gasteiger partial charge on any atom is 0.293 e. The third-order valence-corrected chi connectivity index (χ3v) is 4.55. The number of hydrogen-bond donors (Lipinski definition) is 2. The molecule has 9 nitrogen and oxygen atoms in total. The highest BCUT2D eigenvalue weighted by Gasteiger charge is 2.26. The summed E-state index contributed by atoms with van der Waals surface area (Å²) >= 11 is 0. The number of nitrogens with two attached hydrogens (primary N) is 1. The number of hydroxylamine groups is 1. The molecule has 3 N–H and O–H groups in total. The number of carbonyl (C=O) groups is 1. The highest BCUT2D eigenvalue weighted by Crippen LogP contribution is 2.28. The van der Waals surface area contributed by atoms with Crippen molar-refractivity contribution in [3.63, 3.8) is 0 Å². The summed E-state index contributed by atoms with van der Waals surface area (Å²) in [5.74, 6) is -0.00598. The van der Waals surface area contributed by atoms with E-state index in [4.69, 9.17) is 25.3 Å². The fourth-order valence-corrected chi connectivity index (χ4v) is 3.02. The van der Waals surface area contributed by atoms with Crippen LogP contribution >= 0.6 is 0 Å². The van der Waals surface area contributed by atoms with E-state index >= 15 is 0 Å². The van der Waals surface area contributed by atoms with Crippen LogP contribution in [0, 0.1) is 11.3 Å². The Bertz CT molecular complexity index is 1120. The highest BCUT2D eigenvalue weighted by molar-refractivity contribution is 6.00. The first kappa shape index (κ1) is 20.1. The second kappa shape index (κ2) is 9.11. The van der Waals surface area contributed by atoms with Crippen LogP contribution in [0.25, 0.3) is 11.4 Å². The number of rotatable bonds is 6. The Kier molecular flexibility index (Phi) is 5.91. The number of amides is 1. The Morgan fingerprint density at radius 3 is 2.77 bits per heavy atom. The molecule has 1 amide bonds. The van der Waals surface area contributed by atoms with E-state index in [0.717, 1.165) is 0 Å². The highest BCUT2D eigenvalue weighted by atomic mass is 16.7. The second-order valence-corrected chi connectivity index (χ2v) is 6.75. The topological polar surface area (TPSA) is 132 Å². The van der Waals surface area contributed by atoms with Gasteiger partial charge in [0.1, 0.15) is 17.5 Å². The zero-order valence-electron chi connectivity index (χ0n) is 16.4. The predicted molar refractivity (Wildman–Crippen MR) is 111 cm³/mol. The summed E-state index contributed by atoms with van der Waals surface area (Å²) in [6.07, 6.45) is 0.388. The number of nitriles is 1. The minimum absolute atomic E-state index is 0.0227. The van der Waals surface area contributed by atoms with E-state index in [1.165, 1.54) is 0 Å². The average Bonchev–Trinajstić information content (AvgIpc) is 3.31. The normalized spacial score (nSPS) is 15.1. The number of anilines is 1. The van der Waals surface area contributed by atoms with Crippen molar-refractivity contribution in [3.05, 3.63) is 65.7 Å². The van der Waals surface area contributed by atoms with E-state index in [1.54, 1.807) is 48.5 Å². The van der Waals surface area contributed by atoms with E-state index in [2.05, 4.69) is 21.5 Å². The van der Waals surface area contributed by atoms with Crippen LogP contribution in [0.2, 0.25) is 0 Å². The molecule has 0 bridgehead atoms. The van der Waals surface area contributed by atoms with Crippen LogP contribution in [0.5, 0.6) is 11.6 Å². The third kappa shape index (κ3) is 4.71. The van der Waals surface area contributed by atoms with Crippen LogP contribution in [0.4, 0.5) is 5.82 Å². The van der Waals surface area contributed by atoms with Crippen molar-refractivity contribution in [1.29, 1.82) is 5.26 Å². The van der Waals surface area contributed by atoms with Gasteiger partial charge in [-0.25, -0.2) is 4.98 Å². The van der Waals surface area contributed by atoms with Crippen molar-refractivity contribution >= 4 is 11.7 Å². The van der Waals surface area contributed by atoms with Crippen molar-refractivity contribution in [2.45, 2.75) is 12.5 Å². The fourth-order valence-electron chi connectivity index (χ4n) is 3.02. The minimum atomic E-state index is -0.646. The van der Waals surface area contributed by atoms with Crippen molar-refractivity contribution < 1.29 is 19.1 Å². The van der Waals surface area contributed by atoms with E-state index in [0.29, 0.717) is 36.5 Å². The van der Waals surface area contributed by atoms with Gasteiger partial charge in [0, 0.05) is 12.0 Å². The molecule has 1 atom stereocenters. The lowest BCUT2D eigenvalue weighted by Gasteiger charge is -2.17. The number of benzene rings is 2. The van der Waals surface area contributed by atoms with Gasteiger partial charge in [-0.3, -0.25) is 4.79 Å². The third-order valence-electron chi connectivity index (χ3n) is 4.55. The molecule has 1 fully saturated rings. The monoisotopic (exact) mass is 417 g/mol. The molecule has 1 aliphatic rings. The Morgan fingerprint density at radius 2 is 2.03 bits per heavy atom. The fraction of sp³-hybridized carbons (Fsp3) is 0.182. The SMILES string of the molecule is N#Cc1cccc(-c2nc(N)c(C(=O)NOc3ccccc3)c(O[C@H]3CCOC3)n2)c1. The number of nitrogens with one attached hydrogen (secondary N) is 1. The number of hydrogen-bond acceptors (Lipinski definition) is 8. The summed E-state index contributed by atoms with van der Waals surface area (Å²) in [6, 6.07) is 17.6. The maximum atomic E-state index is 12.8. The molecule has 1 aliphatic heterocycles. The molecule has 0 saturated carbocycles. The van der Waals surface area contributed by atoms with Gasteiger partial charge >= 0.3 is 0 Å². The summed E-state index contributed by atoms with van der Waals surface area (Å²) in [5.41, 5.74) is 9.46. The van der Waals surface area contributed by atoms with Gasteiger partial charge in [0.05, 0.1) is 24.8 Å². The molecule has 0 unspecified atom stereocenters. The lowest BCUT2D eigenvalue weighted by Crippen LogP contribution is -2.30. The quantitative estimate of drug-likeness (QED) is 0.585. The van der Waals surface area contributed by atoms with E-state index < -0.39 is 5.91 Å². The van der Waals surface area contributed by atoms with E-state index in [9.17, 15) is 4.79 Å². The Morgan fingerprint density at radius 1 is 1.19 bits per heavy atom. The van der Waals surface area contributed by atoms with Crippen molar-refractivity contribution in [2.24, 2.45) is 0 Å². The number of nitrogens with zero attached hydrogens (tertiary/aromatic N) is 3. The van der Waals surface area contributed by atoms with Gasteiger partial charge in [-0.2, -0.15) is 15.7 Å². The lowest BCUT2D eigenvalue weighted by atomic mass is 10.1. The zero-order chi connectivity index (χ0) is 21.6. The average molecular weight is 417 g/mol. The standard InChI is InChI=1S/C22H19N5O4/c23-12-14-5-4-6-15(11-14)20-25-19(24)18(22(26-20)30-17-9-10-29-13-17)21(28)27-31-16-7-2-1-3-8-16/h1-8,11,17H,9-10,13H2,(H,27,28)(H2,24,25,26)/t17-/m0/s1. The van der Waals surface area contributed by atoms with Crippen LogP contribution in [0.3, 0.4) is 0 Å². The molecule has 3 aromatic rings. The van der Waals surface area contributed by atoms with Crippen LogP contribution in [0.15, 0.2) is 54.6 Å². The second-order valence-electron chi connectivity index (χ2n) is 6.75. The van der Waals surface area contributed by atoms with Gasteiger partial charge in [0.25, 0.3) is 5.91 Å². The molecular weight excluding hydrogens is 398 g/mol. The Hall–Kier alpha value is -4.16. The van der Waals surface area contributed by atoms with Crippen molar-refractivity contribution in [3.8, 4) is 29.1 Å². The number of para-hydroxylation sites is 1.